The topological polar surface area (TPSA) is 75.1 Å². The Bertz CT molecular complexity index is 527. The zero-order valence-corrected chi connectivity index (χ0v) is 10.6. The number of pyridine rings is 1. The van der Waals surface area contributed by atoms with Gasteiger partial charge in [0.1, 0.15) is 0 Å². The molecule has 0 aromatic carbocycles. The van der Waals surface area contributed by atoms with E-state index in [1.165, 1.54) is 0 Å². The highest BCUT2D eigenvalue weighted by Crippen LogP contribution is 2.13. The Morgan fingerprint density at radius 2 is 2.44 bits per heavy atom. The predicted octanol–water partition coefficient (Wildman–Crippen LogP) is 2.09. The monoisotopic (exact) mass is 263 g/mol. The van der Waals surface area contributed by atoms with Crippen LogP contribution in [-0.4, -0.2) is 21.0 Å². The van der Waals surface area contributed by atoms with Crippen LogP contribution in [0.5, 0.6) is 0 Å². The molecule has 94 valence electrons. The van der Waals surface area contributed by atoms with E-state index in [-0.39, 0.29) is 11.0 Å². The van der Waals surface area contributed by atoms with E-state index >= 15 is 0 Å². The van der Waals surface area contributed by atoms with Gasteiger partial charge in [0.05, 0.1) is 5.69 Å². The van der Waals surface area contributed by atoms with Gasteiger partial charge in [-0.15, -0.1) is 11.3 Å². The summed E-state index contributed by atoms with van der Waals surface area (Å²) in [6, 6.07) is 4.03. The summed E-state index contributed by atoms with van der Waals surface area (Å²) in [4.78, 5) is 18.8. The standard InChI is InChI=1S/C12H13N3O2S/c1-8(9-3-2-4-13-5-9)14-6-10-7-18-11(15-10)12(16)17/h2-5,7-8,14H,6H2,1H3,(H,16,17). The number of hydrogen-bond acceptors (Lipinski definition) is 5. The summed E-state index contributed by atoms with van der Waals surface area (Å²) in [5.74, 6) is -0.980. The van der Waals surface area contributed by atoms with Gasteiger partial charge in [-0.1, -0.05) is 6.07 Å². The third-order valence-electron chi connectivity index (χ3n) is 2.51. The molecule has 0 radical (unpaired) electrons. The second kappa shape index (κ2) is 5.70. The Labute approximate surface area is 109 Å². The molecular weight excluding hydrogens is 250 g/mol. The molecule has 0 aliphatic heterocycles. The third-order valence-corrected chi connectivity index (χ3v) is 3.39. The fourth-order valence-electron chi connectivity index (χ4n) is 1.49. The molecule has 0 spiro atoms. The smallest absolute Gasteiger partial charge is 0.365 e. The first-order valence-electron chi connectivity index (χ1n) is 5.48. The lowest BCUT2D eigenvalue weighted by Gasteiger charge is -2.12. The molecule has 0 saturated heterocycles. The minimum Gasteiger partial charge on any atom is -0.476 e. The van der Waals surface area contributed by atoms with Crippen molar-refractivity contribution in [2.45, 2.75) is 19.5 Å². The zero-order valence-electron chi connectivity index (χ0n) is 9.83. The maximum atomic E-state index is 10.7. The third kappa shape index (κ3) is 3.12. The van der Waals surface area contributed by atoms with Gasteiger partial charge in [-0.3, -0.25) is 4.98 Å². The SMILES string of the molecule is CC(NCc1csc(C(=O)O)n1)c1cccnc1. The Hall–Kier alpha value is -1.79. The number of thiazole rings is 1. The van der Waals surface area contributed by atoms with Gasteiger partial charge in [0.25, 0.3) is 0 Å². The number of nitrogens with one attached hydrogen (secondary N) is 1. The molecule has 0 aliphatic rings. The van der Waals surface area contributed by atoms with Crippen molar-refractivity contribution in [1.29, 1.82) is 0 Å². The maximum Gasteiger partial charge on any atom is 0.365 e. The molecule has 2 heterocycles. The van der Waals surface area contributed by atoms with Gasteiger partial charge in [-0.05, 0) is 18.6 Å². The van der Waals surface area contributed by atoms with Crippen LogP contribution in [0.4, 0.5) is 0 Å². The molecule has 1 unspecified atom stereocenters. The minimum absolute atomic E-state index is 0.126. The van der Waals surface area contributed by atoms with Gasteiger partial charge in [0.2, 0.25) is 5.01 Å². The highest BCUT2D eigenvalue weighted by atomic mass is 32.1. The molecule has 5 nitrogen and oxygen atoms in total. The van der Waals surface area contributed by atoms with Crippen molar-refractivity contribution in [2.75, 3.05) is 0 Å². The minimum atomic E-state index is -0.980. The Balaban J connectivity index is 1.93. The normalized spacial score (nSPS) is 12.3. The molecule has 0 amide bonds. The summed E-state index contributed by atoms with van der Waals surface area (Å²) in [5, 5.41) is 13.9. The van der Waals surface area contributed by atoms with Crippen LogP contribution in [0.25, 0.3) is 0 Å². The fourth-order valence-corrected chi connectivity index (χ4v) is 2.15. The van der Waals surface area contributed by atoms with E-state index in [0.717, 1.165) is 22.6 Å². The first kappa shape index (κ1) is 12.7. The number of aromatic carboxylic acids is 1. The van der Waals surface area contributed by atoms with Crippen LogP contribution >= 0.6 is 11.3 Å². The van der Waals surface area contributed by atoms with Gasteiger partial charge in [0, 0.05) is 30.4 Å². The average molecular weight is 263 g/mol. The highest BCUT2D eigenvalue weighted by molar-refractivity contribution is 7.11. The lowest BCUT2D eigenvalue weighted by atomic mass is 10.1. The number of carboxylic acids is 1. The number of carboxylic acid groups (broad SMARTS) is 1. The van der Waals surface area contributed by atoms with Gasteiger partial charge in [-0.25, -0.2) is 9.78 Å². The largest absolute Gasteiger partial charge is 0.476 e. The molecule has 2 rings (SSSR count). The van der Waals surface area contributed by atoms with E-state index in [4.69, 9.17) is 5.11 Å². The highest BCUT2D eigenvalue weighted by Gasteiger charge is 2.10. The summed E-state index contributed by atoms with van der Waals surface area (Å²) >= 11 is 1.14. The van der Waals surface area contributed by atoms with E-state index < -0.39 is 5.97 Å². The van der Waals surface area contributed by atoms with Crippen molar-refractivity contribution in [2.24, 2.45) is 0 Å². The summed E-state index contributed by atoms with van der Waals surface area (Å²) in [5.41, 5.74) is 1.83. The molecule has 6 heteroatoms. The molecular formula is C12H13N3O2S. The van der Waals surface area contributed by atoms with E-state index in [2.05, 4.69) is 15.3 Å². The van der Waals surface area contributed by atoms with Crippen LogP contribution in [0.3, 0.4) is 0 Å². The molecule has 2 N–H and O–H groups in total. The number of aromatic nitrogens is 2. The first-order valence-corrected chi connectivity index (χ1v) is 6.36. The summed E-state index contributed by atoms with van der Waals surface area (Å²) < 4.78 is 0. The van der Waals surface area contributed by atoms with Crippen molar-refractivity contribution >= 4 is 17.3 Å². The van der Waals surface area contributed by atoms with Crippen molar-refractivity contribution in [3.05, 3.63) is 46.2 Å². The van der Waals surface area contributed by atoms with Crippen LogP contribution in [0, 0.1) is 0 Å². The fraction of sp³-hybridized carbons (Fsp3) is 0.250. The van der Waals surface area contributed by atoms with Crippen molar-refractivity contribution in [1.82, 2.24) is 15.3 Å². The van der Waals surface area contributed by atoms with E-state index in [1.807, 2.05) is 19.1 Å². The van der Waals surface area contributed by atoms with Gasteiger partial charge in [0.15, 0.2) is 0 Å². The van der Waals surface area contributed by atoms with Crippen LogP contribution in [-0.2, 0) is 6.54 Å². The molecule has 1 atom stereocenters. The molecule has 2 aromatic rings. The van der Waals surface area contributed by atoms with Gasteiger partial charge in [-0.2, -0.15) is 0 Å². The molecule has 0 aliphatic carbocycles. The summed E-state index contributed by atoms with van der Waals surface area (Å²) in [6.45, 7) is 2.57. The number of rotatable bonds is 5. The van der Waals surface area contributed by atoms with Crippen LogP contribution in [0.1, 0.15) is 34.0 Å². The number of carbonyl (C=O) groups is 1. The molecule has 2 aromatic heterocycles. The lowest BCUT2D eigenvalue weighted by molar-refractivity contribution is 0.0696. The number of nitrogens with zero attached hydrogens (tertiary/aromatic N) is 2. The van der Waals surface area contributed by atoms with Crippen molar-refractivity contribution in [3.8, 4) is 0 Å². The Morgan fingerprint density at radius 3 is 3.06 bits per heavy atom. The molecule has 0 saturated carbocycles. The predicted molar refractivity (Wildman–Crippen MR) is 68.6 cm³/mol. The summed E-state index contributed by atoms with van der Waals surface area (Å²) in [7, 11) is 0. The average Bonchev–Trinajstić information content (AvgIpc) is 2.86. The molecule has 0 fully saturated rings. The molecule has 18 heavy (non-hydrogen) atoms. The van der Waals surface area contributed by atoms with E-state index in [9.17, 15) is 4.79 Å². The van der Waals surface area contributed by atoms with Gasteiger partial charge >= 0.3 is 5.97 Å². The maximum absolute atomic E-state index is 10.7. The first-order chi connectivity index (χ1) is 8.66. The van der Waals surface area contributed by atoms with E-state index in [1.54, 1.807) is 17.8 Å². The van der Waals surface area contributed by atoms with Crippen molar-refractivity contribution in [3.63, 3.8) is 0 Å². The molecule has 0 bridgehead atoms. The van der Waals surface area contributed by atoms with Crippen LogP contribution in [0.2, 0.25) is 0 Å². The lowest BCUT2D eigenvalue weighted by Crippen LogP contribution is -2.18. The second-order valence-corrected chi connectivity index (χ2v) is 4.70. The van der Waals surface area contributed by atoms with E-state index in [0.29, 0.717) is 6.54 Å². The van der Waals surface area contributed by atoms with Gasteiger partial charge < -0.3 is 10.4 Å². The quantitative estimate of drug-likeness (QED) is 0.864. The van der Waals surface area contributed by atoms with Crippen molar-refractivity contribution < 1.29 is 9.90 Å². The summed E-state index contributed by atoms with van der Waals surface area (Å²) in [6.07, 6.45) is 3.54. The second-order valence-electron chi connectivity index (χ2n) is 3.84. The van der Waals surface area contributed by atoms with Crippen LogP contribution < -0.4 is 5.32 Å². The van der Waals surface area contributed by atoms with Crippen LogP contribution in [0.15, 0.2) is 29.9 Å². The Kier molecular flexibility index (Phi) is 4.01. The zero-order chi connectivity index (χ0) is 13.0. The Morgan fingerprint density at radius 1 is 1.61 bits per heavy atom. The number of hydrogen-bond donors (Lipinski definition) is 2.